The number of benzene rings is 1. The second-order valence-electron chi connectivity index (χ2n) is 9.28. The highest BCUT2D eigenvalue weighted by atomic mass is 19.4. The molecule has 0 aliphatic rings. The zero-order chi connectivity index (χ0) is 28.5. The number of carboxylic acids is 1. The van der Waals surface area contributed by atoms with Gasteiger partial charge in [-0.25, -0.2) is 14.2 Å². The van der Waals surface area contributed by atoms with Crippen LogP contribution in [0, 0.1) is 5.82 Å². The van der Waals surface area contributed by atoms with Crippen molar-refractivity contribution in [3.63, 3.8) is 0 Å². The van der Waals surface area contributed by atoms with Gasteiger partial charge in [-0.05, 0) is 54.9 Å². The second-order valence-corrected chi connectivity index (χ2v) is 9.28. The van der Waals surface area contributed by atoms with Crippen LogP contribution < -0.4 is 5.32 Å². The van der Waals surface area contributed by atoms with Gasteiger partial charge in [0, 0.05) is 18.3 Å². The first kappa shape index (κ1) is 31.9. The Kier molecular flexibility index (Phi) is 14.1. The van der Waals surface area contributed by atoms with E-state index in [1.54, 1.807) is 36.4 Å². The molecule has 0 amide bonds. The standard InChI is InChI=1S/C17H27F3N2.C13H10FNO2/c1-2-3-4-5-6-7-8-10-14-22-16(17(18,19)20)15-12-9-11-13-21-15;14-10-6-4-9(5-7-10)8-11-2-1-3-12(15-11)13(16)17/h9,11-13,16,22H,2-8,10,14H2,1H3;1-7H,8H2,(H,16,17)/t16-;/m1./s1. The van der Waals surface area contributed by atoms with E-state index in [4.69, 9.17) is 5.11 Å². The van der Waals surface area contributed by atoms with E-state index in [2.05, 4.69) is 22.2 Å². The Labute approximate surface area is 227 Å². The number of rotatable bonds is 14. The SMILES string of the molecule is CCCCCCCCCCN[C@H](c1ccccn1)C(F)(F)F.O=C(O)c1cccc(Cc2ccc(F)cc2)n1. The van der Waals surface area contributed by atoms with Gasteiger partial charge in [0.05, 0.1) is 5.69 Å². The molecule has 212 valence electrons. The summed E-state index contributed by atoms with van der Waals surface area (Å²) in [6.07, 6.45) is 6.62. The maximum atomic E-state index is 13.1. The average Bonchev–Trinajstić information content (AvgIpc) is 2.91. The molecule has 1 aromatic carbocycles. The number of carboxylic acid groups (broad SMARTS) is 1. The van der Waals surface area contributed by atoms with E-state index in [0.717, 1.165) is 24.8 Å². The van der Waals surface area contributed by atoms with Crippen molar-refractivity contribution >= 4 is 5.97 Å². The molecule has 0 saturated heterocycles. The molecule has 1 atom stereocenters. The van der Waals surface area contributed by atoms with Crippen LogP contribution in [0.25, 0.3) is 0 Å². The summed E-state index contributed by atoms with van der Waals surface area (Å²) in [5, 5.41) is 11.4. The number of carbonyl (C=O) groups is 1. The van der Waals surface area contributed by atoms with Gasteiger partial charge in [-0.2, -0.15) is 13.2 Å². The Hall–Kier alpha value is -3.33. The molecule has 0 fully saturated rings. The van der Waals surface area contributed by atoms with Crippen molar-refractivity contribution in [2.24, 2.45) is 0 Å². The van der Waals surface area contributed by atoms with Gasteiger partial charge in [0.1, 0.15) is 17.6 Å². The molecule has 3 rings (SSSR count). The van der Waals surface area contributed by atoms with Crippen LogP contribution in [-0.2, 0) is 6.42 Å². The monoisotopic (exact) mass is 547 g/mol. The molecule has 0 aliphatic carbocycles. The van der Waals surface area contributed by atoms with Gasteiger partial charge in [0.25, 0.3) is 0 Å². The predicted molar refractivity (Wildman–Crippen MR) is 144 cm³/mol. The van der Waals surface area contributed by atoms with Gasteiger partial charge in [-0.3, -0.25) is 4.98 Å². The van der Waals surface area contributed by atoms with E-state index in [1.807, 2.05) is 0 Å². The van der Waals surface area contributed by atoms with E-state index in [1.165, 1.54) is 62.6 Å². The number of unbranched alkanes of at least 4 members (excludes halogenated alkanes) is 7. The summed E-state index contributed by atoms with van der Waals surface area (Å²) in [5.41, 5.74) is 1.59. The summed E-state index contributed by atoms with van der Waals surface area (Å²) in [6.45, 7) is 2.56. The molecule has 0 radical (unpaired) electrons. The molecule has 0 unspecified atom stereocenters. The Bertz CT molecular complexity index is 1090. The third-order valence-corrected chi connectivity index (χ3v) is 6.01. The molecule has 2 aromatic heterocycles. The van der Waals surface area contributed by atoms with Crippen LogP contribution in [0.3, 0.4) is 0 Å². The summed E-state index contributed by atoms with van der Waals surface area (Å²) < 4.78 is 51.9. The summed E-state index contributed by atoms with van der Waals surface area (Å²) >= 11 is 0. The normalized spacial score (nSPS) is 11.9. The molecule has 0 spiro atoms. The van der Waals surface area contributed by atoms with Gasteiger partial charge in [-0.1, -0.05) is 76.1 Å². The highest BCUT2D eigenvalue weighted by Gasteiger charge is 2.41. The molecule has 3 aromatic rings. The minimum Gasteiger partial charge on any atom is -0.477 e. The Morgan fingerprint density at radius 2 is 1.56 bits per heavy atom. The maximum absolute atomic E-state index is 13.1. The fourth-order valence-electron chi connectivity index (χ4n) is 3.95. The lowest BCUT2D eigenvalue weighted by Crippen LogP contribution is -2.35. The molecule has 5 nitrogen and oxygen atoms in total. The van der Waals surface area contributed by atoms with Crippen LogP contribution in [-0.4, -0.2) is 33.8 Å². The van der Waals surface area contributed by atoms with E-state index in [0.29, 0.717) is 18.7 Å². The highest BCUT2D eigenvalue weighted by Crippen LogP contribution is 2.31. The fourth-order valence-corrected chi connectivity index (χ4v) is 3.95. The van der Waals surface area contributed by atoms with E-state index >= 15 is 0 Å². The lowest BCUT2D eigenvalue weighted by molar-refractivity contribution is -0.158. The Balaban J connectivity index is 0.000000282. The minimum absolute atomic E-state index is 0.0182. The maximum Gasteiger partial charge on any atom is 0.409 e. The van der Waals surface area contributed by atoms with Crippen LogP contribution in [0.4, 0.5) is 17.6 Å². The smallest absolute Gasteiger partial charge is 0.409 e. The van der Waals surface area contributed by atoms with Crippen LogP contribution >= 0.6 is 0 Å². The summed E-state index contributed by atoms with van der Waals surface area (Å²) in [6, 6.07) is 13.8. The number of halogens is 4. The number of aromatic nitrogens is 2. The van der Waals surface area contributed by atoms with Gasteiger partial charge >= 0.3 is 12.1 Å². The van der Waals surface area contributed by atoms with Crippen molar-refractivity contribution in [2.45, 2.75) is 76.9 Å². The van der Waals surface area contributed by atoms with Gasteiger partial charge < -0.3 is 10.4 Å². The zero-order valence-corrected chi connectivity index (χ0v) is 22.3. The van der Waals surface area contributed by atoms with Crippen molar-refractivity contribution in [3.05, 3.63) is 95.3 Å². The molecule has 0 saturated carbocycles. The molecule has 39 heavy (non-hydrogen) atoms. The largest absolute Gasteiger partial charge is 0.477 e. The zero-order valence-electron chi connectivity index (χ0n) is 22.3. The van der Waals surface area contributed by atoms with Crippen molar-refractivity contribution < 1.29 is 27.5 Å². The van der Waals surface area contributed by atoms with E-state index < -0.39 is 18.2 Å². The van der Waals surface area contributed by atoms with Crippen LogP contribution in [0.15, 0.2) is 66.9 Å². The van der Waals surface area contributed by atoms with Crippen LogP contribution in [0.5, 0.6) is 0 Å². The van der Waals surface area contributed by atoms with E-state index in [9.17, 15) is 22.4 Å². The minimum atomic E-state index is -4.31. The number of nitrogens with one attached hydrogen (secondary N) is 1. The fraction of sp³-hybridized carbons (Fsp3) is 0.433. The van der Waals surface area contributed by atoms with Crippen LogP contribution in [0.2, 0.25) is 0 Å². The van der Waals surface area contributed by atoms with Crippen molar-refractivity contribution in [3.8, 4) is 0 Å². The summed E-state index contributed by atoms with van der Waals surface area (Å²) in [7, 11) is 0. The third-order valence-electron chi connectivity index (χ3n) is 6.01. The number of alkyl halides is 3. The second kappa shape index (κ2) is 17.3. The van der Waals surface area contributed by atoms with Gasteiger partial charge in [0.15, 0.2) is 0 Å². The molecule has 0 bridgehead atoms. The average molecular weight is 548 g/mol. The number of nitrogens with zero attached hydrogens (tertiary/aromatic N) is 2. The molecule has 9 heteroatoms. The molecule has 0 aliphatic heterocycles. The first-order valence-corrected chi connectivity index (χ1v) is 13.4. The topological polar surface area (TPSA) is 75.1 Å². The van der Waals surface area contributed by atoms with Gasteiger partial charge in [-0.15, -0.1) is 0 Å². The molecular formula is C30H37F4N3O2. The molecular weight excluding hydrogens is 510 g/mol. The third kappa shape index (κ3) is 12.8. The first-order valence-electron chi connectivity index (χ1n) is 13.4. The van der Waals surface area contributed by atoms with Gasteiger partial charge in [0.2, 0.25) is 0 Å². The van der Waals surface area contributed by atoms with Crippen molar-refractivity contribution in [2.75, 3.05) is 6.54 Å². The quantitative estimate of drug-likeness (QED) is 0.158. The molecule has 2 heterocycles. The predicted octanol–water partition coefficient (Wildman–Crippen LogP) is 7.93. The van der Waals surface area contributed by atoms with Crippen molar-refractivity contribution in [1.82, 2.24) is 15.3 Å². The number of hydrogen-bond acceptors (Lipinski definition) is 4. The highest BCUT2D eigenvalue weighted by molar-refractivity contribution is 5.85. The summed E-state index contributed by atoms with van der Waals surface area (Å²) in [5.74, 6) is -1.34. The molecule has 2 N–H and O–H groups in total. The number of aromatic carboxylic acids is 1. The number of hydrogen-bond donors (Lipinski definition) is 2. The Morgan fingerprint density at radius 1 is 0.897 bits per heavy atom. The Morgan fingerprint density at radius 3 is 2.15 bits per heavy atom. The summed E-state index contributed by atoms with van der Waals surface area (Å²) in [4.78, 5) is 18.6. The lowest BCUT2D eigenvalue weighted by Gasteiger charge is -2.21. The lowest BCUT2D eigenvalue weighted by atomic mass is 10.1. The van der Waals surface area contributed by atoms with Crippen LogP contribution in [0.1, 0.15) is 91.8 Å². The number of pyridine rings is 2. The van der Waals surface area contributed by atoms with E-state index in [-0.39, 0.29) is 17.2 Å². The van der Waals surface area contributed by atoms with Crippen molar-refractivity contribution in [1.29, 1.82) is 0 Å². The first-order chi connectivity index (χ1) is 18.7.